The lowest BCUT2D eigenvalue weighted by Crippen LogP contribution is -1.97. The van der Waals surface area contributed by atoms with E-state index in [2.05, 4.69) is 4.98 Å². The Kier molecular flexibility index (Phi) is 4.39. The van der Waals surface area contributed by atoms with Gasteiger partial charge in [0.25, 0.3) is 0 Å². The molecule has 0 saturated carbocycles. The summed E-state index contributed by atoms with van der Waals surface area (Å²) >= 11 is 1.19. The zero-order chi connectivity index (χ0) is 15.4. The van der Waals surface area contributed by atoms with Crippen LogP contribution >= 0.6 is 11.8 Å². The van der Waals surface area contributed by atoms with E-state index in [4.69, 9.17) is 9.84 Å². The number of carbonyl (C=O) groups is 1. The van der Waals surface area contributed by atoms with E-state index in [1.807, 2.05) is 0 Å². The highest BCUT2D eigenvalue weighted by Crippen LogP contribution is 2.34. The second-order valence-electron chi connectivity index (χ2n) is 3.88. The monoisotopic (exact) mass is 306 g/mol. The van der Waals surface area contributed by atoms with E-state index < -0.39 is 10.9 Å². The van der Waals surface area contributed by atoms with Gasteiger partial charge in [-0.3, -0.25) is 10.1 Å². The summed E-state index contributed by atoms with van der Waals surface area (Å²) in [6.07, 6.45) is 1.40. The van der Waals surface area contributed by atoms with Gasteiger partial charge < -0.3 is 9.84 Å². The number of ether oxygens (including phenoxy) is 1. The van der Waals surface area contributed by atoms with E-state index in [0.717, 1.165) is 0 Å². The average Bonchev–Trinajstić information content (AvgIpc) is 2.47. The molecular formula is C13H10N2O5S. The van der Waals surface area contributed by atoms with E-state index in [-0.39, 0.29) is 17.0 Å². The summed E-state index contributed by atoms with van der Waals surface area (Å²) in [4.78, 5) is 25.9. The number of nitro groups is 1. The first-order chi connectivity index (χ1) is 10.0. The van der Waals surface area contributed by atoms with Crippen molar-refractivity contribution < 1.29 is 19.6 Å². The van der Waals surface area contributed by atoms with E-state index >= 15 is 0 Å². The van der Waals surface area contributed by atoms with Crippen LogP contribution in [0.5, 0.6) is 5.75 Å². The van der Waals surface area contributed by atoms with Crippen LogP contribution < -0.4 is 4.74 Å². The highest BCUT2D eigenvalue weighted by molar-refractivity contribution is 7.99. The first kappa shape index (κ1) is 14.8. The summed E-state index contributed by atoms with van der Waals surface area (Å²) < 4.78 is 4.98. The number of pyridine rings is 1. The highest BCUT2D eigenvalue weighted by Gasteiger charge is 2.15. The molecule has 7 nitrogen and oxygen atoms in total. The van der Waals surface area contributed by atoms with Gasteiger partial charge in [0.05, 0.1) is 17.6 Å². The molecule has 0 spiro atoms. The topological polar surface area (TPSA) is 103 Å². The molecule has 1 aromatic heterocycles. The van der Waals surface area contributed by atoms with Gasteiger partial charge in [-0.2, -0.15) is 0 Å². The van der Waals surface area contributed by atoms with Gasteiger partial charge in [0.1, 0.15) is 5.03 Å². The van der Waals surface area contributed by atoms with Crippen molar-refractivity contribution in [2.24, 2.45) is 0 Å². The third kappa shape index (κ3) is 3.48. The largest absolute Gasteiger partial charge is 0.490 e. The SMILES string of the molecule is COc1cc(Sc2cc(C(=O)O)ccn2)ccc1[N+](=O)[O-]. The molecule has 0 unspecified atom stereocenters. The predicted octanol–water partition coefficient (Wildman–Crippen LogP) is 2.85. The van der Waals surface area contributed by atoms with E-state index in [9.17, 15) is 14.9 Å². The van der Waals surface area contributed by atoms with E-state index in [1.54, 1.807) is 6.07 Å². The number of nitrogens with zero attached hydrogens (tertiary/aromatic N) is 2. The third-order valence-corrected chi connectivity index (χ3v) is 3.47. The van der Waals surface area contributed by atoms with Crippen LogP contribution in [0.4, 0.5) is 5.69 Å². The molecule has 2 aromatic rings. The average molecular weight is 306 g/mol. The van der Waals surface area contributed by atoms with Crippen LogP contribution in [0, 0.1) is 10.1 Å². The van der Waals surface area contributed by atoms with Gasteiger partial charge in [-0.15, -0.1) is 0 Å². The Morgan fingerprint density at radius 3 is 2.76 bits per heavy atom. The normalized spacial score (nSPS) is 10.1. The molecule has 21 heavy (non-hydrogen) atoms. The lowest BCUT2D eigenvalue weighted by Gasteiger charge is -2.05. The lowest BCUT2D eigenvalue weighted by molar-refractivity contribution is -0.385. The maximum absolute atomic E-state index is 10.9. The Balaban J connectivity index is 2.29. The zero-order valence-electron chi connectivity index (χ0n) is 10.8. The summed E-state index contributed by atoms with van der Waals surface area (Å²) in [5.41, 5.74) is -0.00419. The third-order valence-electron chi connectivity index (χ3n) is 2.55. The summed E-state index contributed by atoms with van der Waals surface area (Å²) in [5.74, 6) is -0.903. The predicted molar refractivity (Wildman–Crippen MR) is 75.0 cm³/mol. The van der Waals surface area contributed by atoms with Crippen LogP contribution in [0.1, 0.15) is 10.4 Å². The minimum absolute atomic E-state index is 0.126. The summed E-state index contributed by atoms with van der Waals surface area (Å²) in [6, 6.07) is 7.23. The van der Waals surface area contributed by atoms with Gasteiger partial charge in [0.15, 0.2) is 5.75 Å². The molecule has 0 atom stereocenters. The Hall–Kier alpha value is -2.61. The first-order valence-corrected chi connectivity index (χ1v) is 6.52. The molecule has 0 aliphatic heterocycles. The molecule has 0 amide bonds. The van der Waals surface area contributed by atoms with Crippen molar-refractivity contribution in [1.29, 1.82) is 0 Å². The minimum atomic E-state index is -1.04. The number of hydrogen-bond donors (Lipinski definition) is 1. The van der Waals surface area contributed by atoms with Gasteiger partial charge in [-0.25, -0.2) is 9.78 Å². The molecule has 1 N–H and O–H groups in total. The van der Waals surface area contributed by atoms with Gasteiger partial charge in [-0.05, 0) is 18.2 Å². The van der Waals surface area contributed by atoms with Crippen LogP contribution in [0.25, 0.3) is 0 Å². The van der Waals surface area contributed by atoms with Crippen molar-refractivity contribution >= 4 is 23.4 Å². The summed E-state index contributed by atoms with van der Waals surface area (Å²) in [7, 11) is 1.35. The molecular weight excluding hydrogens is 296 g/mol. The van der Waals surface area contributed by atoms with E-state index in [0.29, 0.717) is 9.92 Å². The number of aromatic nitrogens is 1. The number of carboxylic acid groups (broad SMARTS) is 1. The fourth-order valence-corrected chi connectivity index (χ4v) is 2.43. The van der Waals surface area contributed by atoms with Crippen molar-refractivity contribution in [2.75, 3.05) is 7.11 Å². The van der Waals surface area contributed by atoms with Crippen molar-refractivity contribution in [3.8, 4) is 5.75 Å². The second-order valence-corrected chi connectivity index (χ2v) is 4.97. The highest BCUT2D eigenvalue weighted by atomic mass is 32.2. The molecule has 1 aromatic carbocycles. The zero-order valence-corrected chi connectivity index (χ0v) is 11.7. The maximum atomic E-state index is 10.9. The number of hydrogen-bond acceptors (Lipinski definition) is 6. The molecule has 1 heterocycles. The molecule has 108 valence electrons. The summed E-state index contributed by atoms with van der Waals surface area (Å²) in [5, 5.41) is 20.2. The lowest BCUT2D eigenvalue weighted by atomic mass is 10.3. The van der Waals surface area contributed by atoms with Crippen LogP contribution in [-0.4, -0.2) is 28.1 Å². The van der Waals surface area contributed by atoms with Gasteiger partial charge in [-0.1, -0.05) is 11.8 Å². The smallest absolute Gasteiger partial charge is 0.335 e. The standard InChI is InChI=1S/C13H10N2O5S/c1-20-11-7-9(2-3-10(11)15(18)19)21-12-6-8(13(16)17)4-5-14-12/h2-7H,1H3,(H,16,17). The van der Waals surface area contributed by atoms with Gasteiger partial charge >= 0.3 is 11.7 Å². The van der Waals surface area contributed by atoms with Crippen molar-refractivity contribution in [1.82, 2.24) is 4.98 Å². The van der Waals surface area contributed by atoms with Crippen LogP contribution in [0.2, 0.25) is 0 Å². The molecule has 8 heteroatoms. The molecule has 2 rings (SSSR count). The Labute approximate surface area is 123 Å². The van der Waals surface area contributed by atoms with Gasteiger partial charge in [0, 0.05) is 23.2 Å². The van der Waals surface area contributed by atoms with E-state index in [1.165, 1.54) is 49.3 Å². The fraction of sp³-hybridized carbons (Fsp3) is 0.0769. The minimum Gasteiger partial charge on any atom is -0.490 e. The summed E-state index contributed by atoms with van der Waals surface area (Å²) in [6.45, 7) is 0. The Morgan fingerprint density at radius 1 is 1.38 bits per heavy atom. The Morgan fingerprint density at radius 2 is 2.14 bits per heavy atom. The van der Waals surface area contributed by atoms with Gasteiger partial charge in [0.2, 0.25) is 0 Å². The molecule has 0 aliphatic carbocycles. The number of aromatic carboxylic acids is 1. The van der Waals surface area contributed by atoms with Crippen molar-refractivity contribution in [3.63, 3.8) is 0 Å². The van der Waals surface area contributed by atoms with Crippen LogP contribution in [-0.2, 0) is 0 Å². The number of benzene rings is 1. The molecule has 0 bridgehead atoms. The molecule has 0 aliphatic rings. The molecule has 0 saturated heterocycles. The maximum Gasteiger partial charge on any atom is 0.335 e. The number of rotatable bonds is 5. The van der Waals surface area contributed by atoms with Crippen LogP contribution in [0.15, 0.2) is 46.5 Å². The van der Waals surface area contributed by atoms with Crippen molar-refractivity contribution in [3.05, 3.63) is 52.2 Å². The second kappa shape index (κ2) is 6.23. The number of carboxylic acids is 1. The number of nitro benzene ring substituents is 1. The number of methoxy groups -OCH3 is 1. The van der Waals surface area contributed by atoms with Crippen molar-refractivity contribution in [2.45, 2.75) is 9.92 Å². The molecule has 0 fully saturated rings. The fourth-order valence-electron chi connectivity index (χ4n) is 1.59. The molecule has 0 radical (unpaired) electrons. The first-order valence-electron chi connectivity index (χ1n) is 5.71. The quantitative estimate of drug-likeness (QED) is 0.669. The van der Waals surface area contributed by atoms with Crippen LogP contribution in [0.3, 0.4) is 0 Å². The Bertz CT molecular complexity index is 705.